The van der Waals surface area contributed by atoms with Crippen molar-refractivity contribution in [2.45, 2.75) is 64.3 Å². The highest BCUT2D eigenvalue weighted by atomic mass is 32.2. The first-order valence-corrected chi connectivity index (χ1v) is 11.7. The van der Waals surface area contributed by atoms with Crippen molar-refractivity contribution in [1.29, 1.82) is 0 Å². The average Bonchev–Trinajstić information content (AvgIpc) is 3.36. The smallest absolute Gasteiger partial charge is 0.238 e. The van der Waals surface area contributed by atoms with E-state index in [1.54, 1.807) is 4.90 Å². The minimum atomic E-state index is -3.06. The lowest BCUT2D eigenvalue weighted by Crippen LogP contribution is -2.49. The molecule has 1 aliphatic heterocycles. The number of carbonyl (C=O) groups is 2. The third-order valence-corrected chi connectivity index (χ3v) is 7.71. The molecule has 26 heavy (non-hydrogen) atoms. The van der Waals surface area contributed by atoms with Crippen molar-refractivity contribution in [1.82, 2.24) is 10.2 Å². The summed E-state index contributed by atoms with van der Waals surface area (Å²) in [4.78, 5) is 27.3. The molecule has 2 amide bonds. The zero-order chi connectivity index (χ0) is 18.8. The summed E-state index contributed by atoms with van der Waals surface area (Å²) in [6, 6.07) is -0.282. The molecule has 1 saturated heterocycles. The van der Waals surface area contributed by atoms with Crippen molar-refractivity contribution in [3.05, 3.63) is 11.6 Å². The standard InChI is InChI=1S/C19H30N2O4S/c1-2-21(16-9-13-26(24,25)14-16)18(23)19(10-11-19)17(22)20-12-8-15-6-4-3-5-7-15/h6,16H,2-5,7-14H2,1H3,(H,20,22). The van der Waals surface area contributed by atoms with Gasteiger partial charge >= 0.3 is 0 Å². The van der Waals surface area contributed by atoms with Crippen molar-refractivity contribution in [3.63, 3.8) is 0 Å². The van der Waals surface area contributed by atoms with Gasteiger partial charge in [0.25, 0.3) is 0 Å². The summed E-state index contributed by atoms with van der Waals surface area (Å²) in [5, 5.41) is 2.95. The van der Waals surface area contributed by atoms with Crippen LogP contribution in [0.15, 0.2) is 11.6 Å². The summed E-state index contributed by atoms with van der Waals surface area (Å²) in [7, 11) is -3.06. The minimum Gasteiger partial charge on any atom is -0.355 e. The quantitative estimate of drug-likeness (QED) is 0.538. The Morgan fingerprint density at radius 1 is 1.31 bits per heavy atom. The van der Waals surface area contributed by atoms with E-state index in [0.29, 0.717) is 32.4 Å². The van der Waals surface area contributed by atoms with E-state index in [-0.39, 0.29) is 29.4 Å². The fourth-order valence-electron chi connectivity index (χ4n) is 4.16. The van der Waals surface area contributed by atoms with Gasteiger partial charge in [-0.3, -0.25) is 9.59 Å². The Kier molecular flexibility index (Phi) is 5.75. The molecule has 1 N–H and O–H groups in total. The number of nitrogens with zero attached hydrogens (tertiary/aromatic N) is 1. The Hall–Kier alpha value is -1.37. The minimum absolute atomic E-state index is 0.0262. The van der Waals surface area contributed by atoms with Crippen LogP contribution >= 0.6 is 0 Å². The van der Waals surface area contributed by atoms with Crippen LogP contribution in [0, 0.1) is 5.41 Å². The fourth-order valence-corrected chi connectivity index (χ4v) is 5.89. The Balaban J connectivity index is 1.57. The molecule has 1 saturated carbocycles. The maximum absolute atomic E-state index is 13.0. The van der Waals surface area contributed by atoms with Gasteiger partial charge in [0, 0.05) is 19.1 Å². The van der Waals surface area contributed by atoms with Gasteiger partial charge in [-0.15, -0.1) is 0 Å². The number of carbonyl (C=O) groups excluding carboxylic acids is 2. The van der Waals surface area contributed by atoms with Crippen molar-refractivity contribution in [2.75, 3.05) is 24.6 Å². The van der Waals surface area contributed by atoms with Gasteiger partial charge < -0.3 is 10.2 Å². The zero-order valence-electron chi connectivity index (χ0n) is 15.6. The van der Waals surface area contributed by atoms with Crippen LogP contribution < -0.4 is 5.32 Å². The van der Waals surface area contributed by atoms with E-state index in [0.717, 1.165) is 19.3 Å². The normalized spacial score (nSPS) is 26.0. The Bertz CT molecular complexity index is 694. The van der Waals surface area contributed by atoms with Gasteiger partial charge in [-0.25, -0.2) is 8.42 Å². The summed E-state index contributed by atoms with van der Waals surface area (Å²) in [6.45, 7) is 2.87. The molecule has 0 aromatic carbocycles. The van der Waals surface area contributed by atoms with Crippen LogP contribution in [-0.2, 0) is 19.4 Å². The lowest BCUT2D eigenvalue weighted by molar-refractivity contribution is -0.145. The highest BCUT2D eigenvalue weighted by Gasteiger charge is 2.58. The lowest BCUT2D eigenvalue weighted by atomic mass is 9.97. The van der Waals surface area contributed by atoms with E-state index in [9.17, 15) is 18.0 Å². The molecule has 0 spiro atoms. The van der Waals surface area contributed by atoms with Gasteiger partial charge in [0.2, 0.25) is 11.8 Å². The molecule has 3 aliphatic rings. The molecule has 0 aromatic heterocycles. The molecule has 0 bridgehead atoms. The highest BCUT2D eigenvalue weighted by molar-refractivity contribution is 7.91. The molecule has 2 fully saturated rings. The van der Waals surface area contributed by atoms with Gasteiger partial charge in [-0.05, 0) is 58.3 Å². The highest BCUT2D eigenvalue weighted by Crippen LogP contribution is 2.48. The Morgan fingerprint density at radius 3 is 2.62 bits per heavy atom. The second-order valence-electron chi connectivity index (χ2n) is 7.84. The zero-order valence-corrected chi connectivity index (χ0v) is 16.4. The summed E-state index contributed by atoms with van der Waals surface area (Å²) in [5.41, 5.74) is 0.447. The Labute approximate surface area is 156 Å². The number of allylic oxidation sites excluding steroid dienone is 1. The molecule has 146 valence electrons. The molecule has 0 radical (unpaired) electrons. The van der Waals surface area contributed by atoms with Gasteiger partial charge in [0.05, 0.1) is 11.5 Å². The topological polar surface area (TPSA) is 83.6 Å². The summed E-state index contributed by atoms with van der Waals surface area (Å²) in [6.07, 6.45) is 9.44. The fraction of sp³-hybridized carbons (Fsp3) is 0.789. The van der Waals surface area contributed by atoms with Crippen LogP contribution in [0.2, 0.25) is 0 Å². The van der Waals surface area contributed by atoms with Crippen LogP contribution in [-0.4, -0.2) is 55.8 Å². The molecule has 1 atom stereocenters. The number of rotatable bonds is 7. The van der Waals surface area contributed by atoms with E-state index in [1.165, 1.54) is 18.4 Å². The molecule has 6 nitrogen and oxygen atoms in total. The van der Waals surface area contributed by atoms with Crippen molar-refractivity contribution < 1.29 is 18.0 Å². The maximum atomic E-state index is 13.0. The molecule has 3 rings (SSSR count). The van der Waals surface area contributed by atoms with E-state index in [4.69, 9.17) is 0 Å². The predicted octanol–water partition coefficient (Wildman–Crippen LogP) is 1.81. The molecule has 0 aromatic rings. The van der Waals surface area contributed by atoms with Crippen LogP contribution in [0.5, 0.6) is 0 Å². The van der Waals surface area contributed by atoms with Gasteiger partial charge in [0.1, 0.15) is 5.41 Å². The third kappa shape index (κ3) is 4.13. The van der Waals surface area contributed by atoms with Crippen molar-refractivity contribution in [3.8, 4) is 0 Å². The molecule has 2 aliphatic carbocycles. The van der Waals surface area contributed by atoms with E-state index in [2.05, 4.69) is 11.4 Å². The molecule has 1 heterocycles. The van der Waals surface area contributed by atoms with E-state index < -0.39 is 15.3 Å². The maximum Gasteiger partial charge on any atom is 0.238 e. The summed E-state index contributed by atoms with van der Waals surface area (Å²) < 4.78 is 23.5. The van der Waals surface area contributed by atoms with Crippen molar-refractivity contribution in [2.24, 2.45) is 5.41 Å². The monoisotopic (exact) mass is 382 g/mol. The summed E-state index contributed by atoms with van der Waals surface area (Å²) in [5.74, 6) is -0.205. The van der Waals surface area contributed by atoms with Crippen LogP contribution in [0.25, 0.3) is 0 Å². The lowest BCUT2D eigenvalue weighted by Gasteiger charge is -2.30. The van der Waals surface area contributed by atoms with E-state index in [1.807, 2.05) is 6.92 Å². The molecule has 1 unspecified atom stereocenters. The molecular weight excluding hydrogens is 352 g/mol. The Morgan fingerprint density at radius 2 is 2.08 bits per heavy atom. The number of hydrogen-bond acceptors (Lipinski definition) is 4. The van der Waals surface area contributed by atoms with Gasteiger partial charge in [-0.1, -0.05) is 11.6 Å². The molecular formula is C19H30N2O4S. The predicted molar refractivity (Wildman–Crippen MR) is 100 cm³/mol. The van der Waals surface area contributed by atoms with Crippen LogP contribution in [0.1, 0.15) is 58.3 Å². The van der Waals surface area contributed by atoms with Crippen LogP contribution in [0.3, 0.4) is 0 Å². The number of amides is 2. The van der Waals surface area contributed by atoms with Gasteiger partial charge in [0.15, 0.2) is 9.84 Å². The first-order chi connectivity index (χ1) is 12.4. The number of hydrogen-bond donors (Lipinski definition) is 1. The van der Waals surface area contributed by atoms with E-state index >= 15 is 0 Å². The molecule has 7 heteroatoms. The van der Waals surface area contributed by atoms with Gasteiger partial charge in [-0.2, -0.15) is 0 Å². The number of sulfone groups is 1. The second-order valence-corrected chi connectivity index (χ2v) is 10.1. The third-order valence-electron chi connectivity index (χ3n) is 5.96. The number of nitrogens with one attached hydrogen (secondary N) is 1. The first kappa shape index (κ1) is 19.4. The second kappa shape index (κ2) is 7.71. The van der Waals surface area contributed by atoms with Crippen molar-refractivity contribution >= 4 is 21.7 Å². The first-order valence-electron chi connectivity index (χ1n) is 9.86. The van der Waals surface area contributed by atoms with Crippen LogP contribution in [0.4, 0.5) is 0 Å². The average molecular weight is 383 g/mol. The largest absolute Gasteiger partial charge is 0.355 e. The SMILES string of the molecule is CCN(C(=O)C1(C(=O)NCCC2=CCCCC2)CC1)C1CCS(=O)(=O)C1. The summed E-state index contributed by atoms with van der Waals surface area (Å²) >= 11 is 0.